The van der Waals surface area contributed by atoms with Gasteiger partial charge >= 0.3 is 0 Å². The summed E-state index contributed by atoms with van der Waals surface area (Å²) in [4.78, 5) is 4.09. The Morgan fingerprint density at radius 3 is 2.30 bits per heavy atom. The van der Waals surface area contributed by atoms with E-state index in [2.05, 4.69) is 31.0 Å². The summed E-state index contributed by atoms with van der Waals surface area (Å²) in [6, 6.07) is 6.15. The molecule has 0 aliphatic heterocycles. The van der Waals surface area contributed by atoms with Gasteiger partial charge in [0.1, 0.15) is 5.69 Å². The summed E-state index contributed by atoms with van der Waals surface area (Å²) in [7, 11) is 3.12. The van der Waals surface area contributed by atoms with Gasteiger partial charge in [-0.05, 0) is 24.7 Å². The standard InChI is InChI=1S/C14H16F2N4O.CH5N/c1-9-12(20-21-19-9)13(17-3)18-8-10-4-6-11(7-5-10)14(2,15)16;1-2/h4-7H,8H2,1-3H3,(H,17,18);2H2,1H3. The van der Waals surface area contributed by atoms with E-state index in [4.69, 9.17) is 0 Å². The quantitative estimate of drug-likeness (QED) is 0.664. The van der Waals surface area contributed by atoms with Crippen molar-refractivity contribution >= 4 is 5.84 Å². The fraction of sp³-hybridized carbons (Fsp3) is 0.400. The molecule has 1 aromatic carbocycles. The van der Waals surface area contributed by atoms with Gasteiger partial charge in [0, 0.05) is 26.1 Å². The second-order valence-electron chi connectivity index (χ2n) is 4.71. The Kier molecular flexibility index (Phi) is 6.77. The predicted octanol–water partition coefficient (Wildman–Crippen LogP) is 2.23. The Hall–Kier alpha value is -2.35. The Labute approximate surface area is 133 Å². The summed E-state index contributed by atoms with van der Waals surface area (Å²) in [6.07, 6.45) is 0. The first kappa shape index (κ1) is 18.7. The minimum atomic E-state index is -2.83. The zero-order valence-corrected chi connectivity index (χ0v) is 13.6. The number of hydrogen-bond acceptors (Lipinski definition) is 5. The molecule has 0 unspecified atom stereocenters. The molecule has 23 heavy (non-hydrogen) atoms. The van der Waals surface area contributed by atoms with Gasteiger partial charge < -0.3 is 11.1 Å². The number of benzene rings is 1. The molecule has 0 spiro atoms. The lowest BCUT2D eigenvalue weighted by Gasteiger charge is -2.12. The molecule has 0 aliphatic carbocycles. The van der Waals surface area contributed by atoms with Crippen LogP contribution in [0, 0.1) is 6.92 Å². The van der Waals surface area contributed by atoms with Gasteiger partial charge in [0.25, 0.3) is 5.92 Å². The fourth-order valence-electron chi connectivity index (χ4n) is 1.82. The molecule has 1 aromatic heterocycles. The highest BCUT2D eigenvalue weighted by molar-refractivity contribution is 5.97. The van der Waals surface area contributed by atoms with E-state index < -0.39 is 5.92 Å². The number of amidine groups is 1. The lowest BCUT2D eigenvalue weighted by atomic mass is 10.1. The second-order valence-corrected chi connectivity index (χ2v) is 4.71. The van der Waals surface area contributed by atoms with Crippen LogP contribution in [-0.4, -0.2) is 30.2 Å². The van der Waals surface area contributed by atoms with Gasteiger partial charge in [-0.2, -0.15) is 0 Å². The molecule has 2 rings (SSSR count). The van der Waals surface area contributed by atoms with Crippen LogP contribution < -0.4 is 11.1 Å². The first-order valence-corrected chi connectivity index (χ1v) is 6.97. The van der Waals surface area contributed by atoms with Crippen LogP contribution in [0.4, 0.5) is 8.78 Å². The summed E-state index contributed by atoms with van der Waals surface area (Å²) >= 11 is 0. The first-order chi connectivity index (χ1) is 10.9. The summed E-state index contributed by atoms with van der Waals surface area (Å²) in [5.74, 6) is -2.29. The van der Waals surface area contributed by atoms with Crippen molar-refractivity contribution in [1.82, 2.24) is 15.6 Å². The highest BCUT2D eigenvalue weighted by Gasteiger charge is 2.23. The van der Waals surface area contributed by atoms with Crippen molar-refractivity contribution in [3.05, 3.63) is 46.8 Å². The van der Waals surface area contributed by atoms with Gasteiger partial charge in [0.15, 0.2) is 11.5 Å². The Morgan fingerprint density at radius 1 is 1.26 bits per heavy atom. The van der Waals surface area contributed by atoms with Crippen LogP contribution in [0.1, 0.15) is 29.4 Å². The van der Waals surface area contributed by atoms with Crippen LogP contribution in [0.5, 0.6) is 0 Å². The van der Waals surface area contributed by atoms with E-state index in [-0.39, 0.29) is 5.56 Å². The van der Waals surface area contributed by atoms with E-state index in [1.807, 2.05) is 0 Å². The minimum absolute atomic E-state index is 0.00724. The van der Waals surface area contributed by atoms with Crippen LogP contribution >= 0.6 is 0 Å². The highest BCUT2D eigenvalue weighted by atomic mass is 19.3. The fourth-order valence-corrected chi connectivity index (χ4v) is 1.82. The molecule has 0 aliphatic rings. The molecular weight excluding hydrogens is 304 g/mol. The maximum atomic E-state index is 13.1. The van der Waals surface area contributed by atoms with Gasteiger partial charge in [-0.3, -0.25) is 4.99 Å². The summed E-state index contributed by atoms with van der Waals surface area (Å²) < 4.78 is 30.9. The van der Waals surface area contributed by atoms with Crippen molar-refractivity contribution in [2.24, 2.45) is 10.7 Å². The molecule has 0 saturated heterocycles. The number of nitrogens with one attached hydrogen (secondary N) is 1. The number of alkyl halides is 2. The Balaban J connectivity index is 0.00000127. The number of aromatic nitrogens is 2. The number of halogens is 2. The molecule has 126 valence electrons. The summed E-state index contributed by atoms with van der Waals surface area (Å²) in [5.41, 5.74) is 6.52. The molecule has 3 N–H and O–H groups in total. The van der Waals surface area contributed by atoms with Crippen LogP contribution in [0.3, 0.4) is 0 Å². The topological polar surface area (TPSA) is 89.3 Å². The molecular formula is C15H21F2N5O. The van der Waals surface area contributed by atoms with Crippen molar-refractivity contribution in [3.63, 3.8) is 0 Å². The molecule has 0 fully saturated rings. The molecule has 0 radical (unpaired) electrons. The van der Waals surface area contributed by atoms with E-state index in [0.29, 0.717) is 23.8 Å². The van der Waals surface area contributed by atoms with Crippen LogP contribution in [0.2, 0.25) is 0 Å². The number of aliphatic imine (C=N–C) groups is 1. The number of hydrogen-bond donors (Lipinski definition) is 2. The molecule has 8 heteroatoms. The average molecular weight is 325 g/mol. The van der Waals surface area contributed by atoms with Crippen LogP contribution in [0.15, 0.2) is 33.9 Å². The smallest absolute Gasteiger partial charge is 0.270 e. The predicted molar refractivity (Wildman–Crippen MR) is 84.5 cm³/mol. The minimum Gasteiger partial charge on any atom is -0.364 e. The SMILES string of the molecule is CN.CN=C(NCc1ccc(C(C)(F)F)cc1)c1nonc1C. The largest absolute Gasteiger partial charge is 0.364 e. The van der Waals surface area contributed by atoms with Crippen molar-refractivity contribution in [2.45, 2.75) is 26.3 Å². The van der Waals surface area contributed by atoms with Gasteiger partial charge in [-0.25, -0.2) is 13.4 Å². The molecule has 0 atom stereocenters. The van der Waals surface area contributed by atoms with Crippen molar-refractivity contribution in [1.29, 1.82) is 0 Å². The van der Waals surface area contributed by atoms with Gasteiger partial charge in [-0.15, -0.1) is 0 Å². The average Bonchev–Trinajstić information content (AvgIpc) is 2.96. The van der Waals surface area contributed by atoms with Gasteiger partial charge in [-0.1, -0.05) is 29.4 Å². The van der Waals surface area contributed by atoms with Crippen molar-refractivity contribution in [2.75, 3.05) is 14.1 Å². The normalized spacial score (nSPS) is 11.7. The number of aryl methyl sites for hydroxylation is 1. The maximum Gasteiger partial charge on any atom is 0.270 e. The van der Waals surface area contributed by atoms with E-state index in [1.54, 1.807) is 26.1 Å². The van der Waals surface area contributed by atoms with Gasteiger partial charge in [0.05, 0.1) is 0 Å². The molecule has 2 aromatic rings. The van der Waals surface area contributed by atoms with Gasteiger partial charge in [0.2, 0.25) is 0 Å². The molecule has 0 saturated carbocycles. The van der Waals surface area contributed by atoms with Crippen molar-refractivity contribution < 1.29 is 13.4 Å². The third-order valence-corrected chi connectivity index (χ3v) is 3.02. The summed E-state index contributed by atoms with van der Waals surface area (Å²) in [5, 5.41) is 10.5. The molecule has 0 bridgehead atoms. The van der Waals surface area contributed by atoms with Crippen LogP contribution in [0.25, 0.3) is 0 Å². The Morgan fingerprint density at radius 2 is 1.87 bits per heavy atom. The number of nitrogens with two attached hydrogens (primary N) is 1. The molecule has 1 heterocycles. The molecule has 6 nitrogen and oxygen atoms in total. The van der Waals surface area contributed by atoms with Crippen LogP contribution in [-0.2, 0) is 12.5 Å². The van der Waals surface area contributed by atoms with E-state index in [1.165, 1.54) is 19.2 Å². The van der Waals surface area contributed by atoms with E-state index in [0.717, 1.165) is 12.5 Å². The highest BCUT2D eigenvalue weighted by Crippen LogP contribution is 2.26. The lowest BCUT2D eigenvalue weighted by Crippen LogP contribution is -2.25. The lowest BCUT2D eigenvalue weighted by molar-refractivity contribution is 0.0174. The summed E-state index contributed by atoms with van der Waals surface area (Å²) in [6.45, 7) is 3.08. The first-order valence-electron chi connectivity index (χ1n) is 6.97. The number of rotatable bonds is 4. The maximum absolute atomic E-state index is 13.1. The zero-order valence-electron chi connectivity index (χ0n) is 13.6. The third kappa shape index (κ3) is 5.10. The number of nitrogens with zero attached hydrogens (tertiary/aromatic N) is 3. The monoisotopic (exact) mass is 325 g/mol. The zero-order chi connectivity index (χ0) is 17.5. The second kappa shape index (κ2) is 8.33. The van der Waals surface area contributed by atoms with E-state index in [9.17, 15) is 8.78 Å². The van der Waals surface area contributed by atoms with Crippen molar-refractivity contribution in [3.8, 4) is 0 Å². The third-order valence-electron chi connectivity index (χ3n) is 3.02. The van der Waals surface area contributed by atoms with E-state index >= 15 is 0 Å². The Bertz CT molecular complexity index is 632. The molecule has 0 amide bonds.